The van der Waals surface area contributed by atoms with Crippen LogP contribution in [0.5, 0.6) is 0 Å². The largest absolute Gasteiger partial charge is 0.449 e. The number of nitrogens with one attached hydrogen (secondary N) is 2. The number of benzene rings is 2. The Balaban J connectivity index is 1.57. The van der Waals surface area contributed by atoms with Crippen LogP contribution >= 0.6 is 0 Å². The number of aliphatic hydroxyl groups is 1. The van der Waals surface area contributed by atoms with Gasteiger partial charge in [-0.25, -0.2) is 18.0 Å². The molecule has 152 valence electrons. The van der Waals surface area contributed by atoms with E-state index in [-0.39, 0.29) is 24.6 Å². The molecule has 0 radical (unpaired) electrons. The van der Waals surface area contributed by atoms with Crippen molar-refractivity contribution in [3.05, 3.63) is 59.4 Å². The molecule has 1 aliphatic carbocycles. The third kappa shape index (κ3) is 4.07. The normalized spacial score (nSPS) is 18.5. The Bertz CT molecular complexity index is 1040. The SMILES string of the molecule is O=C(N[C@H]1C[C@H](O)C1)OCCc1c(-c2ccc(F)cc2)[nH]c2c(F)cc(F)cc12. The zero-order valence-electron chi connectivity index (χ0n) is 15.3. The van der Waals surface area contributed by atoms with Crippen molar-refractivity contribution < 1.29 is 27.8 Å². The van der Waals surface area contributed by atoms with Gasteiger partial charge in [-0.3, -0.25) is 0 Å². The molecule has 0 atom stereocenters. The van der Waals surface area contributed by atoms with E-state index in [0.717, 1.165) is 6.07 Å². The van der Waals surface area contributed by atoms with Crippen LogP contribution in [0.4, 0.5) is 18.0 Å². The molecule has 29 heavy (non-hydrogen) atoms. The lowest BCUT2D eigenvalue weighted by Crippen LogP contribution is -2.47. The molecular weight excluding hydrogens is 385 g/mol. The Kier molecular flexibility index (Phi) is 5.19. The van der Waals surface area contributed by atoms with Gasteiger partial charge >= 0.3 is 6.09 Å². The first kappa shape index (κ1) is 19.3. The fraction of sp³-hybridized carbons (Fsp3) is 0.286. The predicted octanol–water partition coefficient (Wildman–Crippen LogP) is 4.04. The van der Waals surface area contributed by atoms with Crippen LogP contribution in [-0.2, 0) is 11.2 Å². The molecule has 0 bridgehead atoms. The highest BCUT2D eigenvalue weighted by Gasteiger charge is 2.28. The maximum Gasteiger partial charge on any atom is 0.407 e. The van der Waals surface area contributed by atoms with E-state index in [1.165, 1.54) is 30.3 Å². The number of aliphatic hydroxyl groups excluding tert-OH is 1. The van der Waals surface area contributed by atoms with Crippen LogP contribution in [0, 0.1) is 17.5 Å². The van der Waals surface area contributed by atoms with Crippen LogP contribution in [0.15, 0.2) is 36.4 Å². The van der Waals surface area contributed by atoms with E-state index < -0.39 is 29.6 Å². The zero-order valence-corrected chi connectivity index (χ0v) is 15.3. The highest BCUT2D eigenvalue weighted by atomic mass is 19.1. The molecule has 8 heteroatoms. The van der Waals surface area contributed by atoms with Crippen LogP contribution in [0.25, 0.3) is 22.2 Å². The maximum absolute atomic E-state index is 14.2. The molecule has 0 saturated heterocycles. The van der Waals surface area contributed by atoms with Crippen LogP contribution in [-0.4, -0.2) is 34.9 Å². The summed E-state index contributed by atoms with van der Waals surface area (Å²) in [7, 11) is 0. The second kappa shape index (κ2) is 7.79. The van der Waals surface area contributed by atoms with Gasteiger partial charge in [0.1, 0.15) is 17.5 Å². The third-order valence-corrected chi connectivity index (χ3v) is 5.09. The Hall–Kier alpha value is -3.00. The average Bonchev–Trinajstić information content (AvgIpc) is 3.00. The second-order valence-electron chi connectivity index (χ2n) is 7.15. The lowest BCUT2D eigenvalue weighted by Gasteiger charge is -2.31. The minimum Gasteiger partial charge on any atom is -0.449 e. The number of H-pyrrole nitrogens is 1. The van der Waals surface area contributed by atoms with E-state index >= 15 is 0 Å². The van der Waals surface area contributed by atoms with Crippen molar-refractivity contribution in [2.45, 2.75) is 31.4 Å². The molecule has 3 aromatic rings. The monoisotopic (exact) mass is 404 g/mol. The average molecular weight is 404 g/mol. The summed E-state index contributed by atoms with van der Waals surface area (Å²) in [4.78, 5) is 14.8. The number of hydrogen-bond donors (Lipinski definition) is 3. The number of fused-ring (bicyclic) bond motifs is 1. The molecule has 1 aliphatic rings. The summed E-state index contributed by atoms with van der Waals surface area (Å²) < 4.78 is 46.5. The Morgan fingerprint density at radius 2 is 1.86 bits per heavy atom. The summed E-state index contributed by atoms with van der Waals surface area (Å²) in [6.07, 6.45) is 0.184. The summed E-state index contributed by atoms with van der Waals surface area (Å²) in [6.45, 7) is -0.0135. The number of hydrogen-bond acceptors (Lipinski definition) is 3. The summed E-state index contributed by atoms with van der Waals surface area (Å²) >= 11 is 0. The quantitative estimate of drug-likeness (QED) is 0.601. The lowest BCUT2D eigenvalue weighted by atomic mass is 9.90. The molecule has 1 aromatic heterocycles. The Morgan fingerprint density at radius 3 is 2.55 bits per heavy atom. The molecule has 4 rings (SSSR count). The molecule has 0 spiro atoms. The Labute approximate surface area is 164 Å². The van der Waals surface area contributed by atoms with Gasteiger partial charge in [-0.2, -0.15) is 0 Å². The summed E-state index contributed by atoms with van der Waals surface area (Å²) in [5.41, 5.74) is 1.81. The number of ether oxygens (including phenoxy) is 1. The first-order valence-corrected chi connectivity index (χ1v) is 9.27. The number of alkyl carbamates (subject to hydrolysis) is 1. The number of rotatable bonds is 5. The molecule has 1 saturated carbocycles. The van der Waals surface area contributed by atoms with Gasteiger partial charge < -0.3 is 20.1 Å². The molecule has 3 N–H and O–H groups in total. The highest BCUT2D eigenvalue weighted by molar-refractivity contribution is 5.91. The number of aromatic nitrogens is 1. The first-order chi connectivity index (χ1) is 13.9. The van der Waals surface area contributed by atoms with E-state index in [4.69, 9.17) is 4.74 Å². The summed E-state index contributed by atoms with van der Waals surface area (Å²) in [5.74, 6) is -1.87. The fourth-order valence-electron chi connectivity index (χ4n) is 3.56. The van der Waals surface area contributed by atoms with Crippen molar-refractivity contribution in [3.8, 4) is 11.3 Å². The van der Waals surface area contributed by atoms with Crippen molar-refractivity contribution in [2.75, 3.05) is 6.61 Å². The van der Waals surface area contributed by atoms with Gasteiger partial charge in [-0.05, 0) is 54.3 Å². The molecule has 0 aliphatic heterocycles. The zero-order chi connectivity index (χ0) is 20.5. The van der Waals surface area contributed by atoms with Crippen molar-refractivity contribution in [1.82, 2.24) is 10.3 Å². The number of carbonyl (C=O) groups is 1. The van der Waals surface area contributed by atoms with Crippen molar-refractivity contribution >= 4 is 17.0 Å². The first-order valence-electron chi connectivity index (χ1n) is 9.27. The van der Waals surface area contributed by atoms with Gasteiger partial charge in [-0.15, -0.1) is 0 Å². The van der Waals surface area contributed by atoms with Gasteiger partial charge in [-0.1, -0.05) is 0 Å². The van der Waals surface area contributed by atoms with Gasteiger partial charge in [0.05, 0.1) is 18.2 Å². The molecular formula is C21H19F3N2O3. The van der Waals surface area contributed by atoms with Crippen LogP contribution in [0.1, 0.15) is 18.4 Å². The van der Waals surface area contributed by atoms with Crippen molar-refractivity contribution in [1.29, 1.82) is 0 Å². The van der Waals surface area contributed by atoms with Crippen LogP contribution in [0.2, 0.25) is 0 Å². The van der Waals surface area contributed by atoms with E-state index in [9.17, 15) is 23.1 Å². The minimum absolute atomic E-state index is 0.0135. The van der Waals surface area contributed by atoms with E-state index in [1.807, 2.05) is 0 Å². The smallest absolute Gasteiger partial charge is 0.407 e. The molecule has 1 amide bonds. The van der Waals surface area contributed by atoms with E-state index in [1.54, 1.807) is 0 Å². The second-order valence-corrected chi connectivity index (χ2v) is 7.15. The third-order valence-electron chi connectivity index (χ3n) is 5.09. The highest BCUT2D eigenvalue weighted by Crippen LogP contribution is 2.33. The number of aromatic amines is 1. The van der Waals surface area contributed by atoms with Gasteiger partial charge in [0.15, 0.2) is 0 Å². The van der Waals surface area contributed by atoms with Gasteiger partial charge in [0, 0.05) is 29.6 Å². The summed E-state index contributed by atoms with van der Waals surface area (Å²) in [5, 5.41) is 12.2. The standard InChI is InChI=1S/C21H19F3N2O3/c22-12-3-1-11(2-4-12)19-16(17-7-13(23)8-18(24)20(17)26-19)5-6-29-21(28)25-14-9-15(27)10-14/h1-4,7-8,14-15,26-27H,5-6,9-10H2,(H,25,28)/t14-,15-. The van der Waals surface area contributed by atoms with Crippen LogP contribution < -0.4 is 5.32 Å². The van der Waals surface area contributed by atoms with Crippen LogP contribution in [0.3, 0.4) is 0 Å². The number of halogens is 3. The lowest BCUT2D eigenvalue weighted by molar-refractivity contribution is 0.0580. The summed E-state index contributed by atoms with van der Waals surface area (Å²) in [6, 6.07) is 7.52. The molecule has 5 nitrogen and oxygen atoms in total. The van der Waals surface area contributed by atoms with Crippen molar-refractivity contribution in [2.24, 2.45) is 0 Å². The predicted molar refractivity (Wildman–Crippen MR) is 101 cm³/mol. The molecule has 1 fully saturated rings. The molecule has 1 heterocycles. The van der Waals surface area contributed by atoms with Gasteiger partial charge in [0.25, 0.3) is 0 Å². The van der Waals surface area contributed by atoms with Gasteiger partial charge in [0.2, 0.25) is 0 Å². The minimum atomic E-state index is -0.739. The maximum atomic E-state index is 14.2. The molecule has 2 aromatic carbocycles. The fourth-order valence-corrected chi connectivity index (χ4v) is 3.56. The number of carbonyl (C=O) groups excluding carboxylic acids is 1. The topological polar surface area (TPSA) is 74.3 Å². The number of amides is 1. The Morgan fingerprint density at radius 1 is 1.14 bits per heavy atom. The molecule has 0 unspecified atom stereocenters. The van der Waals surface area contributed by atoms with E-state index in [2.05, 4.69) is 10.3 Å². The van der Waals surface area contributed by atoms with E-state index in [0.29, 0.717) is 35.0 Å². The van der Waals surface area contributed by atoms with Crippen molar-refractivity contribution in [3.63, 3.8) is 0 Å².